The highest BCUT2D eigenvalue weighted by Gasteiger charge is 2.14. The zero-order valence-electron chi connectivity index (χ0n) is 11.2. The van der Waals surface area contributed by atoms with Crippen LogP contribution in [0.1, 0.15) is 18.3 Å². The van der Waals surface area contributed by atoms with Gasteiger partial charge in [0, 0.05) is 11.8 Å². The highest BCUT2D eigenvalue weighted by molar-refractivity contribution is 6.08. The van der Waals surface area contributed by atoms with Crippen molar-refractivity contribution >= 4 is 11.7 Å². The summed E-state index contributed by atoms with van der Waals surface area (Å²) in [6.45, 7) is 5.52. The first-order valence-electron chi connectivity index (χ1n) is 6.06. The smallest absolute Gasteiger partial charge is 0.352 e. The van der Waals surface area contributed by atoms with Gasteiger partial charge in [0.2, 0.25) is 0 Å². The molecule has 1 heterocycles. The summed E-state index contributed by atoms with van der Waals surface area (Å²) >= 11 is 0. The van der Waals surface area contributed by atoms with Crippen LogP contribution in [0.15, 0.2) is 36.5 Å². The summed E-state index contributed by atoms with van der Waals surface area (Å²) in [5.74, 6) is -0.298. The van der Waals surface area contributed by atoms with Crippen molar-refractivity contribution in [3.8, 4) is 11.3 Å². The standard InChI is InChI=1S/C15H16N2O2/c1-4-14(15(18)19)17-9-13(16-11(17)3)12-8-6-5-7-10(12)2/h4-9H,1-3H3,(H,18,19)/b14-4-. The van der Waals surface area contributed by atoms with E-state index >= 15 is 0 Å². The van der Waals surface area contributed by atoms with E-state index in [1.54, 1.807) is 30.7 Å². The summed E-state index contributed by atoms with van der Waals surface area (Å²) in [5.41, 5.74) is 3.13. The van der Waals surface area contributed by atoms with Crippen LogP contribution < -0.4 is 0 Å². The van der Waals surface area contributed by atoms with Gasteiger partial charge in [-0.05, 0) is 26.3 Å². The Morgan fingerprint density at radius 2 is 2.00 bits per heavy atom. The van der Waals surface area contributed by atoms with Crippen LogP contribution in [0.25, 0.3) is 17.0 Å². The molecule has 0 unspecified atom stereocenters. The Morgan fingerprint density at radius 1 is 1.32 bits per heavy atom. The first kappa shape index (κ1) is 13.1. The maximum absolute atomic E-state index is 11.2. The van der Waals surface area contributed by atoms with Crippen molar-refractivity contribution in [2.75, 3.05) is 0 Å². The van der Waals surface area contributed by atoms with Crippen molar-refractivity contribution in [3.63, 3.8) is 0 Å². The zero-order chi connectivity index (χ0) is 14.0. The van der Waals surface area contributed by atoms with Crippen LogP contribution in [0.4, 0.5) is 0 Å². The second-order valence-corrected chi connectivity index (χ2v) is 4.34. The molecule has 0 aliphatic carbocycles. The summed E-state index contributed by atoms with van der Waals surface area (Å²) < 4.78 is 1.60. The average Bonchev–Trinajstić information content (AvgIpc) is 2.72. The number of carbonyl (C=O) groups is 1. The number of rotatable bonds is 3. The first-order valence-corrected chi connectivity index (χ1v) is 6.06. The molecule has 1 aromatic heterocycles. The number of nitrogens with zero attached hydrogens (tertiary/aromatic N) is 2. The number of aryl methyl sites for hydroxylation is 2. The molecule has 0 bridgehead atoms. The predicted molar refractivity (Wildman–Crippen MR) is 74.7 cm³/mol. The molecule has 0 saturated heterocycles. The summed E-state index contributed by atoms with van der Waals surface area (Å²) in [5, 5.41) is 9.17. The molecule has 0 aliphatic heterocycles. The normalized spacial score (nSPS) is 11.6. The van der Waals surface area contributed by atoms with Crippen LogP contribution in [0.5, 0.6) is 0 Å². The lowest BCUT2D eigenvalue weighted by Gasteiger charge is -2.04. The van der Waals surface area contributed by atoms with Crippen LogP contribution >= 0.6 is 0 Å². The van der Waals surface area contributed by atoms with Crippen LogP contribution in [0.3, 0.4) is 0 Å². The second-order valence-electron chi connectivity index (χ2n) is 4.34. The third kappa shape index (κ3) is 2.42. The third-order valence-electron chi connectivity index (χ3n) is 3.06. The Hall–Kier alpha value is -2.36. The SMILES string of the molecule is C/C=C(/C(=O)O)n1cc(-c2ccccc2C)nc1C. The molecule has 2 aromatic rings. The van der Waals surface area contributed by atoms with Gasteiger partial charge in [0.05, 0.1) is 5.69 Å². The predicted octanol–water partition coefficient (Wildman–Crippen LogP) is 3.11. The molecule has 2 rings (SSSR count). The van der Waals surface area contributed by atoms with Gasteiger partial charge in [-0.2, -0.15) is 0 Å². The van der Waals surface area contributed by atoms with E-state index in [0.717, 1.165) is 16.8 Å². The number of carboxylic acids is 1. The lowest BCUT2D eigenvalue weighted by atomic mass is 10.1. The fourth-order valence-electron chi connectivity index (χ4n) is 2.07. The monoisotopic (exact) mass is 256 g/mol. The molecule has 1 N–H and O–H groups in total. The van der Waals surface area contributed by atoms with Crippen LogP contribution in [0.2, 0.25) is 0 Å². The number of aromatic nitrogens is 2. The van der Waals surface area contributed by atoms with Crippen molar-refractivity contribution in [2.45, 2.75) is 20.8 Å². The fourth-order valence-corrected chi connectivity index (χ4v) is 2.07. The Balaban J connectivity index is 2.54. The molecule has 4 heteroatoms. The minimum absolute atomic E-state index is 0.213. The van der Waals surface area contributed by atoms with Gasteiger partial charge in [0.15, 0.2) is 0 Å². The Bertz CT molecular complexity index is 654. The maximum Gasteiger partial charge on any atom is 0.352 e. The van der Waals surface area contributed by atoms with E-state index in [1.165, 1.54) is 0 Å². The topological polar surface area (TPSA) is 55.1 Å². The van der Waals surface area contributed by atoms with Gasteiger partial charge in [0.1, 0.15) is 11.5 Å². The van der Waals surface area contributed by atoms with Gasteiger partial charge in [-0.15, -0.1) is 0 Å². The van der Waals surface area contributed by atoms with Gasteiger partial charge in [-0.1, -0.05) is 30.3 Å². The minimum atomic E-state index is -0.959. The van der Waals surface area contributed by atoms with Gasteiger partial charge in [-0.25, -0.2) is 9.78 Å². The van der Waals surface area contributed by atoms with Crippen molar-refractivity contribution in [2.24, 2.45) is 0 Å². The molecular formula is C15H16N2O2. The van der Waals surface area contributed by atoms with Gasteiger partial charge in [-0.3, -0.25) is 4.57 Å². The summed E-state index contributed by atoms with van der Waals surface area (Å²) in [6, 6.07) is 7.91. The van der Waals surface area contributed by atoms with E-state index in [-0.39, 0.29) is 5.70 Å². The third-order valence-corrected chi connectivity index (χ3v) is 3.06. The number of imidazole rings is 1. The van der Waals surface area contributed by atoms with E-state index in [4.69, 9.17) is 5.11 Å². The molecule has 0 atom stereocenters. The summed E-state index contributed by atoms with van der Waals surface area (Å²) in [6.07, 6.45) is 3.33. The molecule has 0 fully saturated rings. The van der Waals surface area contributed by atoms with E-state index in [2.05, 4.69) is 4.98 Å². The lowest BCUT2D eigenvalue weighted by Crippen LogP contribution is -2.08. The number of aliphatic carboxylic acids is 1. The number of hydrogen-bond acceptors (Lipinski definition) is 2. The van der Waals surface area contributed by atoms with Gasteiger partial charge >= 0.3 is 5.97 Å². The molecular weight excluding hydrogens is 240 g/mol. The minimum Gasteiger partial charge on any atom is -0.477 e. The highest BCUT2D eigenvalue weighted by Crippen LogP contribution is 2.23. The van der Waals surface area contributed by atoms with Crippen molar-refractivity contribution in [1.82, 2.24) is 9.55 Å². The van der Waals surface area contributed by atoms with E-state index in [0.29, 0.717) is 5.82 Å². The van der Waals surface area contributed by atoms with Crippen LogP contribution in [-0.2, 0) is 4.79 Å². The average molecular weight is 256 g/mol. The van der Waals surface area contributed by atoms with Crippen molar-refractivity contribution < 1.29 is 9.90 Å². The number of allylic oxidation sites excluding steroid dienone is 1. The molecule has 0 amide bonds. The van der Waals surface area contributed by atoms with Crippen molar-refractivity contribution in [3.05, 3.63) is 47.9 Å². The first-order chi connectivity index (χ1) is 9.04. The summed E-state index contributed by atoms with van der Waals surface area (Å²) in [7, 11) is 0. The van der Waals surface area contributed by atoms with Crippen molar-refractivity contribution in [1.29, 1.82) is 0 Å². The number of benzene rings is 1. The Labute approximate surface area is 112 Å². The quantitative estimate of drug-likeness (QED) is 0.858. The number of hydrogen-bond donors (Lipinski definition) is 1. The molecule has 98 valence electrons. The fraction of sp³-hybridized carbons (Fsp3) is 0.200. The summed E-state index contributed by atoms with van der Waals surface area (Å²) in [4.78, 5) is 15.6. The zero-order valence-corrected chi connectivity index (χ0v) is 11.2. The lowest BCUT2D eigenvalue weighted by molar-refractivity contribution is -0.130. The molecule has 4 nitrogen and oxygen atoms in total. The second kappa shape index (κ2) is 5.10. The van der Waals surface area contributed by atoms with E-state index in [9.17, 15) is 4.79 Å². The molecule has 0 aliphatic rings. The van der Waals surface area contributed by atoms with Gasteiger partial charge in [0.25, 0.3) is 0 Å². The highest BCUT2D eigenvalue weighted by atomic mass is 16.4. The van der Waals surface area contributed by atoms with Crippen LogP contribution in [0, 0.1) is 13.8 Å². The van der Waals surface area contributed by atoms with Crippen LogP contribution in [-0.4, -0.2) is 20.6 Å². The van der Waals surface area contributed by atoms with Gasteiger partial charge < -0.3 is 5.11 Å². The Kier molecular flexibility index (Phi) is 3.51. The number of carboxylic acid groups (broad SMARTS) is 1. The molecule has 0 spiro atoms. The molecule has 19 heavy (non-hydrogen) atoms. The maximum atomic E-state index is 11.2. The molecule has 1 aromatic carbocycles. The van der Waals surface area contributed by atoms with E-state index < -0.39 is 5.97 Å². The largest absolute Gasteiger partial charge is 0.477 e. The molecule has 0 saturated carbocycles. The molecule has 0 radical (unpaired) electrons. The van der Waals surface area contributed by atoms with E-state index in [1.807, 2.05) is 31.2 Å². The Morgan fingerprint density at radius 3 is 2.58 bits per heavy atom.